The number of thioether (sulfide) groups is 1. The van der Waals surface area contributed by atoms with Gasteiger partial charge in [-0.05, 0) is 6.42 Å². The van der Waals surface area contributed by atoms with Gasteiger partial charge in [-0.15, -0.1) is 0 Å². The van der Waals surface area contributed by atoms with Gasteiger partial charge in [-0.3, -0.25) is 4.79 Å². The van der Waals surface area contributed by atoms with E-state index in [1.807, 2.05) is 0 Å². The fourth-order valence-corrected chi connectivity index (χ4v) is 2.32. The molecule has 0 spiro atoms. The molecule has 18 heavy (non-hydrogen) atoms. The highest BCUT2D eigenvalue weighted by atomic mass is 32.2. The van der Waals surface area contributed by atoms with Crippen molar-refractivity contribution < 1.29 is 9.90 Å². The van der Waals surface area contributed by atoms with Crippen molar-refractivity contribution in [2.75, 3.05) is 5.75 Å². The van der Waals surface area contributed by atoms with Crippen molar-refractivity contribution in [1.29, 1.82) is 0 Å². The van der Waals surface area contributed by atoms with E-state index in [9.17, 15) is 4.79 Å². The molecule has 0 radical (unpaired) electrons. The first kappa shape index (κ1) is 15.0. The molecule has 0 aliphatic rings. The highest BCUT2D eigenvalue weighted by molar-refractivity contribution is 7.99. The Morgan fingerprint density at radius 3 is 2.72 bits per heavy atom. The molecule has 1 N–H and O–H groups in total. The number of aromatic nitrogens is 3. The largest absolute Gasteiger partial charge is 0.481 e. The second-order valence-corrected chi connectivity index (χ2v) is 5.22. The zero-order valence-electron chi connectivity index (χ0n) is 11.1. The number of unbranched alkanes of at least 4 members (excludes halogenated alkanes) is 4. The van der Waals surface area contributed by atoms with Crippen molar-refractivity contribution in [1.82, 2.24) is 14.8 Å². The van der Waals surface area contributed by atoms with Crippen LogP contribution in [0.15, 0.2) is 5.16 Å². The third-order valence-electron chi connectivity index (χ3n) is 2.60. The average molecular weight is 271 g/mol. The number of carboxylic acid groups (broad SMARTS) is 1. The number of rotatable bonds is 9. The number of hydrogen-bond acceptors (Lipinski definition) is 4. The lowest BCUT2D eigenvalue weighted by atomic mass is 10.1. The molecule has 102 valence electrons. The summed E-state index contributed by atoms with van der Waals surface area (Å²) in [6.07, 6.45) is 7.00. The molecular weight excluding hydrogens is 250 g/mol. The van der Waals surface area contributed by atoms with Gasteiger partial charge in [-0.2, -0.15) is 5.10 Å². The van der Waals surface area contributed by atoms with Crippen molar-refractivity contribution >= 4 is 17.7 Å². The SMILES string of the molecule is CCCCCCCc1nc(SCC(=O)O)n(C)n1. The van der Waals surface area contributed by atoms with E-state index in [4.69, 9.17) is 5.11 Å². The van der Waals surface area contributed by atoms with Gasteiger partial charge in [-0.1, -0.05) is 44.4 Å². The van der Waals surface area contributed by atoms with E-state index >= 15 is 0 Å². The van der Waals surface area contributed by atoms with Crippen molar-refractivity contribution in [2.24, 2.45) is 7.05 Å². The van der Waals surface area contributed by atoms with Gasteiger partial charge in [0.25, 0.3) is 0 Å². The lowest BCUT2D eigenvalue weighted by molar-refractivity contribution is -0.133. The van der Waals surface area contributed by atoms with Crippen LogP contribution in [0.2, 0.25) is 0 Å². The Morgan fingerprint density at radius 1 is 1.33 bits per heavy atom. The minimum Gasteiger partial charge on any atom is -0.481 e. The van der Waals surface area contributed by atoms with Gasteiger partial charge in [0.05, 0.1) is 5.75 Å². The maximum Gasteiger partial charge on any atom is 0.313 e. The van der Waals surface area contributed by atoms with Crippen LogP contribution >= 0.6 is 11.8 Å². The van der Waals surface area contributed by atoms with Crippen molar-refractivity contribution in [3.63, 3.8) is 0 Å². The van der Waals surface area contributed by atoms with Crippen LogP contribution in [0.1, 0.15) is 44.9 Å². The van der Waals surface area contributed by atoms with Gasteiger partial charge in [0, 0.05) is 13.5 Å². The molecule has 6 heteroatoms. The van der Waals surface area contributed by atoms with Gasteiger partial charge >= 0.3 is 5.97 Å². The molecule has 1 heterocycles. The molecule has 0 fully saturated rings. The topological polar surface area (TPSA) is 68.0 Å². The number of aliphatic carboxylic acids is 1. The van der Waals surface area contributed by atoms with E-state index in [1.54, 1.807) is 11.7 Å². The molecule has 0 saturated heterocycles. The second-order valence-electron chi connectivity index (χ2n) is 4.28. The summed E-state index contributed by atoms with van der Waals surface area (Å²) < 4.78 is 1.66. The maximum atomic E-state index is 10.5. The third-order valence-corrected chi connectivity index (χ3v) is 3.60. The molecule has 0 atom stereocenters. The molecule has 0 unspecified atom stereocenters. The highest BCUT2D eigenvalue weighted by Crippen LogP contribution is 2.15. The summed E-state index contributed by atoms with van der Waals surface area (Å²) in [5, 5.41) is 13.6. The summed E-state index contributed by atoms with van der Waals surface area (Å²) in [6.45, 7) is 2.20. The zero-order chi connectivity index (χ0) is 13.4. The Bertz CT molecular complexity index is 379. The first-order valence-electron chi connectivity index (χ1n) is 6.38. The fourth-order valence-electron chi connectivity index (χ4n) is 1.67. The second kappa shape index (κ2) is 8.13. The zero-order valence-corrected chi connectivity index (χ0v) is 11.9. The van der Waals surface area contributed by atoms with Crippen molar-refractivity contribution in [3.05, 3.63) is 5.82 Å². The van der Waals surface area contributed by atoms with Crippen molar-refractivity contribution in [2.45, 2.75) is 50.6 Å². The Kier molecular flexibility index (Phi) is 6.78. The van der Waals surface area contributed by atoms with Gasteiger partial charge in [0.2, 0.25) is 0 Å². The summed E-state index contributed by atoms with van der Waals surface area (Å²) in [4.78, 5) is 14.8. The molecule has 0 bridgehead atoms. The summed E-state index contributed by atoms with van der Waals surface area (Å²) >= 11 is 1.21. The molecule has 0 aliphatic heterocycles. The van der Waals surface area contributed by atoms with E-state index in [1.165, 1.54) is 37.4 Å². The van der Waals surface area contributed by atoms with Crippen molar-refractivity contribution in [3.8, 4) is 0 Å². The van der Waals surface area contributed by atoms with Crippen LogP contribution in [-0.2, 0) is 18.3 Å². The quantitative estimate of drug-likeness (QED) is 0.552. The number of carboxylic acids is 1. The van der Waals surface area contributed by atoms with Crippen LogP contribution in [0.4, 0.5) is 0 Å². The molecule has 0 saturated carbocycles. The third kappa shape index (κ3) is 5.53. The lowest BCUT2D eigenvalue weighted by Crippen LogP contribution is -2.00. The normalized spacial score (nSPS) is 10.8. The summed E-state index contributed by atoms with van der Waals surface area (Å²) in [5.41, 5.74) is 0. The first-order valence-corrected chi connectivity index (χ1v) is 7.36. The van der Waals surface area contributed by atoms with Gasteiger partial charge in [0.15, 0.2) is 11.0 Å². The van der Waals surface area contributed by atoms with Crippen LogP contribution in [0.5, 0.6) is 0 Å². The van der Waals surface area contributed by atoms with Gasteiger partial charge in [0.1, 0.15) is 0 Å². The van der Waals surface area contributed by atoms with Gasteiger partial charge in [-0.25, -0.2) is 9.67 Å². The number of carbonyl (C=O) groups is 1. The summed E-state index contributed by atoms with van der Waals surface area (Å²) in [7, 11) is 1.80. The molecule has 0 aromatic carbocycles. The van der Waals surface area contributed by atoms with Crippen LogP contribution in [0, 0.1) is 0 Å². The highest BCUT2D eigenvalue weighted by Gasteiger charge is 2.09. The Morgan fingerprint density at radius 2 is 2.06 bits per heavy atom. The molecular formula is C12H21N3O2S. The number of hydrogen-bond donors (Lipinski definition) is 1. The number of nitrogens with zero attached hydrogens (tertiary/aromatic N) is 3. The predicted octanol–water partition coefficient (Wildman–Crippen LogP) is 2.50. The van der Waals surface area contributed by atoms with Crippen LogP contribution in [-0.4, -0.2) is 31.6 Å². The molecule has 5 nitrogen and oxygen atoms in total. The molecule has 1 aromatic heterocycles. The Balaban J connectivity index is 2.33. The fraction of sp³-hybridized carbons (Fsp3) is 0.750. The van der Waals surface area contributed by atoms with E-state index in [0.29, 0.717) is 5.16 Å². The van der Waals surface area contributed by atoms with Crippen LogP contribution in [0.3, 0.4) is 0 Å². The minimum atomic E-state index is -0.830. The molecule has 1 rings (SSSR count). The van der Waals surface area contributed by atoms with Gasteiger partial charge < -0.3 is 5.11 Å². The maximum absolute atomic E-state index is 10.5. The summed E-state index contributed by atoms with van der Waals surface area (Å²) in [6, 6.07) is 0. The van der Waals surface area contributed by atoms with E-state index < -0.39 is 5.97 Å². The first-order chi connectivity index (χ1) is 8.63. The Hall–Kier alpha value is -1.04. The Labute approximate surface area is 112 Å². The van der Waals surface area contributed by atoms with Crippen LogP contribution in [0.25, 0.3) is 0 Å². The average Bonchev–Trinajstić information content (AvgIpc) is 2.67. The lowest BCUT2D eigenvalue weighted by Gasteiger charge is -1.96. The minimum absolute atomic E-state index is 0.0302. The smallest absolute Gasteiger partial charge is 0.313 e. The van der Waals surface area contributed by atoms with E-state index in [0.717, 1.165) is 18.7 Å². The standard InChI is InChI=1S/C12H21N3O2S/c1-3-4-5-6-7-8-10-13-12(15(2)14-10)18-9-11(16)17/h3-9H2,1-2H3,(H,16,17). The molecule has 0 aliphatic carbocycles. The van der Waals surface area contributed by atoms with E-state index in [-0.39, 0.29) is 5.75 Å². The predicted molar refractivity (Wildman–Crippen MR) is 71.8 cm³/mol. The van der Waals surface area contributed by atoms with Crippen LogP contribution < -0.4 is 0 Å². The molecule has 1 aromatic rings. The van der Waals surface area contributed by atoms with E-state index in [2.05, 4.69) is 17.0 Å². The number of aryl methyl sites for hydroxylation is 2. The summed E-state index contributed by atoms with van der Waals surface area (Å²) in [5.74, 6) is 0.0219. The molecule has 0 amide bonds. The monoisotopic (exact) mass is 271 g/mol.